The summed E-state index contributed by atoms with van der Waals surface area (Å²) >= 11 is 0. The molecule has 166 valence electrons. The smallest absolute Gasteiger partial charge is 0.425 e. The normalized spacial score (nSPS) is 15.1. The van der Waals surface area contributed by atoms with Crippen LogP contribution in [0.15, 0.2) is 39.5 Å². The highest BCUT2D eigenvalue weighted by atomic mass is 19.4. The monoisotopic (exact) mass is 443 g/mol. The molecule has 32 heavy (non-hydrogen) atoms. The molecule has 0 spiro atoms. The third-order valence-electron chi connectivity index (χ3n) is 5.94. The molecule has 1 saturated carbocycles. The number of nitrogens with zero attached hydrogens (tertiary/aromatic N) is 4. The number of halogens is 3. The average molecular weight is 443 g/mol. The van der Waals surface area contributed by atoms with E-state index in [-0.39, 0.29) is 35.0 Å². The van der Waals surface area contributed by atoms with E-state index in [0.29, 0.717) is 17.1 Å². The van der Waals surface area contributed by atoms with Gasteiger partial charge >= 0.3 is 6.18 Å². The van der Waals surface area contributed by atoms with E-state index >= 15 is 0 Å². The zero-order valence-electron chi connectivity index (χ0n) is 17.2. The number of hydrogen-bond donors (Lipinski definition) is 1. The Kier molecular flexibility index (Phi) is 4.87. The highest BCUT2D eigenvalue weighted by Gasteiger charge is 2.38. The molecule has 0 aliphatic heterocycles. The first-order valence-corrected chi connectivity index (χ1v) is 10.4. The summed E-state index contributed by atoms with van der Waals surface area (Å²) in [5.74, 6) is 1.03. The highest BCUT2D eigenvalue weighted by molar-refractivity contribution is 5.80. The standard InChI is InChI=1S/C22H20F3N5O2/c1-12-15(11-16-27-28-20(32-16)14-9-5-6-10-14)21(31)30-19(26-12)17(13-7-3-2-4-8-13)18(29-30)22(23,24)25/h2-4,7-8,14,29H,5-6,9-11H2,1H3. The molecule has 1 aliphatic carbocycles. The number of hydrogen-bond acceptors (Lipinski definition) is 5. The van der Waals surface area contributed by atoms with E-state index in [2.05, 4.69) is 20.3 Å². The summed E-state index contributed by atoms with van der Waals surface area (Å²) in [6.45, 7) is 1.60. The molecule has 4 aromatic rings. The second-order valence-electron chi connectivity index (χ2n) is 8.06. The Morgan fingerprint density at radius 1 is 1.16 bits per heavy atom. The zero-order valence-corrected chi connectivity index (χ0v) is 17.2. The van der Waals surface area contributed by atoms with E-state index in [1.807, 2.05) is 0 Å². The Hall–Kier alpha value is -3.43. The molecule has 1 N–H and O–H groups in total. The molecule has 0 radical (unpaired) electrons. The fourth-order valence-corrected chi connectivity index (χ4v) is 4.33. The van der Waals surface area contributed by atoms with Crippen molar-refractivity contribution in [2.45, 2.75) is 51.1 Å². The lowest BCUT2D eigenvalue weighted by Gasteiger charge is -2.07. The molecule has 10 heteroatoms. The van der Waals surface area contributed by atoms with Gasteiger partial charge in [0.05, 0.1) is 12.0 Å². The molecule has 0 bridgehead atoms. The topological polar surface area (TPSA) is 89.1 Å². The lowest BCUT2D eigenvalue weighted by Crippen LogP contribution is -2.22. The number of alkyl halides is 3. The van der Waals surface area contributed by atoms with Crippen molar-refractivity contribution < 1.29 is 17.6 Å². The lowest BCUT2D eigenvalue weighted by molar-refractivity contribution is -0.140. The van der Waals surface area contributed by atoms with Crippen LogP contribution in [0.4, 0.5) is 13.2 Å². The van der Waals surface area contributed by atoms with E-state index in [1.54, 1.807) is 37.3 Å². The highest BCUT2D eigenvalue weighted by Crippen LogP contribution is 2.38. The minimum atomic E-state index is -4.69. The second kappa shape index (κ2) is 7.61. The number of nitrogens with one attached hydrogen (secondary N) is 1. The minimum absolute atomic E-state index is 0.00136. The third-order valence-corrected chi connectivity index (χ3v) is 5.94. The summed E-state index contributed by atoms with van der Waals surface area (Å²) in [4.78, 5) is 17.5. The van der Waals surface area contributed by atoms with E-state index in [4.69, 9.17) is 4.42 Å². The van der Waals surface area contributed by atoms with Gasteiger partial charge in [0.15, 0.2) is 5.65 Å². The number of aromatic amines is 1. The van der Waals surface area contributed by atoms with Gasteiger partial charge in [0.25, 0.3) is 5.56 Å². The quantitative estimate of drug-likeness (QED) is 0.496. The second-order valence-corrected chi connectivity index (χ2v) is 8.06. The van der Waals surface area contributed by atoms with Crippen LogP contribution >= 0.6 is 0 Å². The van der Waals surface area contributed by atoms with Crippen molar-refractivity contribution in [2.24, 2.45) is 0 Å². The van der Waals surface area contributed by atoms with Crippen molar-refractivity contribution in [2.75, 3.05) is 0 Å². The van der Waals surface area contributed by atoms with E-state index < -0.39 is 17.4 Å². The first kappa shape index (κ1) is 20.5. The molecule has 0 amide bonds. The van der Waals surface area contributed by atoms with Gasteiger partial charge in [-0.1, -0.05) is 43.2 Å². The number of rotatable bonds is 4. The first-order valence-electron chi connectivity index (χ1n) is 10.4. The van der Waals surface area contributed by atoms with Crippen LogP contribution in [0.2, 0.25) is 0 Å². The molecule has 0 unspecified atom stereocenters. The van der Waals surface area contributed by atoms with Crippen molar-refractivity contribution in [1.82, 2.24) is 24.8 Å². The summed E-state index contributed by atoms with van der Waals surface area (Å²) < 4.78 is 48.0. The number of aryl methyl sites for hydroxylation is 1. The van der Waals surface area contributed by atoms with E-state index in [9.17, 15) is 18.0 Å². The number of H-pyrrole nitrogens is 1. The van der Waals surface area contributed by atoms with Crippen LogP contribution in [0, 0.1) is 6.92 Å². The van der Waals surface area contributed by atoms with Crippen molar-refractivity contribution in [3.63, 3.8) is 0 Å². The molecule has 0 atom stereocenters. The summed E-state index contributed by atoms with van der Waals surface area (Å²) in [5, 5.41) is 10.4. The predicted octanol–water partition coefficient (Wildman–Crippen LogP) is 4.65. The summed E-state index contributed by atoms with van der Waals surface area (Å²) in [6, 6.07) is 8.08. The molecule has 1 fully saturated rings. The van der Waals surface area contributed by atoms with Crippen LogP contribution in [0.3, 0.4) is 0 Å². The molecule has 1 aromatic carbocycles. The average Bonchev–Trinajstić information content (AvgIpc) is 3.50. The van der Waals surface area contributed by atoms with Gasteiger partial charge < -0.3 is 4.42 Å². The molecule has 7 nitrogen and oxygen atoms in total. The van der Waals surface area contributed by atoms with Crippen LogP contribution in [0.5, 0.6) is 0 Å². The van der Waals surface area contributed by atoms with Crippen molar-refractivity contribution >= 4 is 5.65 Å². The van der Waals surface area contributed by atoms with Crippen LogP contribution < -0.4 is 5.56 Å². The van der Waals surface area contributed by atoms with Gasteiger partial charge in [-0.15, -0.1) is 10.2 Å². The Bertz CT molecular complexity index is 1330. The van der Waals surface area contributed by atoms with Gasteiger partial charge in [0.2, 0.25) is 11.8 Å². The van der Waals surface area contributed by atoms with Gasteiger partial charge in [0, 0.05) is 17.2 Å². The summed E-state index contributed by atoms with van der Waals surface area (Å²) in [7, 11) is 0. The van der Waals surface area contributed by atoms with Gasteiger partial charge in [-0.25, -0.2) is 9.50 Å². The SMILES string of the molecule is Cc1nc2c(-c3ccccc3)c(C(F)(F)F)[nH]n2c(=O)c1Cc1nnc(C2CCCC2)o1. The Labute approximate surface area is 180 Å². The summed E-state index contributed by atoms with van der Waals surface area (Å²) in [6.07, 6.45) is -0.490. The molecule has 3 heterocycles. The Morgan fingerprint density at radius 3 is 2.56 bits per heavy atom. The van der Waals surface area contributed by atoms with E-state index in [0.717, 1.165) is 30.2 Å². The molecule has 1 aliphatic rings. The van der Waals surface area contributed by atoms with Crippen LogP contribution in [-0.2, 0) is 12.6 Å². The van der Waals surface area contributed by atoms with Crippen LogP contribution in [0.25, 0.3) is 16.8 Å². The van der Waals surface area contributed by atoms with Gasteiger partial charge in [0.1, 0.15) is 5.69 Å². The van der Waals surface area contributed by atoms with Crippen molar-refractivity contribution in [3.05, 3.63) is 69.4 Å². The van der Waals surface area contributed by atoms with Gasteiger partial charge in [-0.2, -0.15) is 13.2 Å². The number of benzene rings is 1. The Balaban J connectivity index is 1.61. The maximum atomic E-state index is 13.8. The predicted molar refractivity (Wildman–Crippen MR) is 109 cm³/mol. The van der Waals surface area contributed by atoms with Crippen molar-refractivity contribution in [3.8, 4) is 11.1 Å². The first-order chi connectivity index (χ1) is 15.3. The number of aromatic nitrogens is 5. The molecular weight excluding hydrogens is 423 g/mol. The molecule has 0 saturated heterocycles. The maximum absolute atomic E-state index is 13.8. The maximum Gasteiger partial charge on any atom is 0.433 e. The molecule has 5 rings (SSSR count). The molecular formula is C22H20F3N5O2. The van der Waals surface area contributed by atoms with Crippen LogP contribution in [-0.4, -0.2) is 24.8 Å². The Morgan fingerprint density at radius 2 is 1.88 bits per heavy atom. The lowest BCUT2D eigenvalue weighted by atomic mass is 10.1. The minimum Gasteiger partial charge on any atom is -0.425 e. The number of fused-ring (bicyclic) bond motifs is 1. The van der Waals surface area contributed by atoms with E-state index in [1.165, 1.54) is 0 Å². The zero-order chi connectivity index (χ0) is 22.5. The third kappa shape index (κ3) is 3.49. The fraction of sp³-hybridized carbons (Fsp3) is 0.364. The van der Waals surface area contributed by atoms with Gasteiger partial charge in [-0.3, -0.25) is 9.89 Å². The van der Waals surface area contributed by atoms with Crippen LogP contribution in [0.1, 0.15) is 60.3 Å². The molecule has 3 aromatic heterocycles. The fourth-order valence-electron chi connectivity index (χ4n) is 4.33. The largest absolute Gasteiger partial charge is 0.433 e. The summed E-state index contributed by atoms with van der Waals surface area (Å²) in [5.41, 5.74) is -1.04. The van der Waals surface area contributed by atoms with Crippen molar-refractivity contribution in [1.29, 1.82) is 0 Å². The van der Waals surface area contributed by atoms with Gasteiger partial charge in [-0.05, 0) is 25.3 Å².